The van der Waals surface area contributed by atoms with Gasteiger partial charge in [-0.05, 0) is 49.1 Å². The molecule has 2 aromatic rings. The van der Waals surface area contributed by atoms with Crippen LogP contribution in [-0.4, -0.2) is 33.3 Å². The fourth-order valence-electron chi connectivity index (χ4n) is 4.64. The predicted molar refractivity (Wildman–Crippen MR) is 114 cm³/mol. The maximum Gasteiger partial charge on any atom is 0.303 e. The van der Waals surface area contributed by atoms with E-state index in [2.05, 4.69) is 0 Å². The zero-order chi connectivity index (χ0) is 21.7. The SMILES string of the molecule is O=C(O)CCCCCCC1C(O)CC(F)(F)C1CCC(O)c1cc2ccccc2s1. The van der Waals surface area contributed by atoms with E-state index in [0.717, 1.165) is 27.8 Å². The van der Waals surface area contributed by atoms with Crippen LogP contribution in [0.25, 0.3) is 10.1 Å². The van der Waals surface area contributed by atoms with Gasteiger partial charge in [0, 0.05) is 28.3 Å². The highest BCUT2D eigenvalue weighted by Crippen LogP contribution is 2.49. The molecular weight excluding hydrogens is 410 g/mol. The molecule has 1 aliphatic carbocycles. The Morgan fingerprint density at radius 3 is 2.63 bits per heavy atom. The summed E-state index contributed by atoms with van der Waals surface area (Å²) < 4.78 is 30.2. The van der Waals surface area contributed by atoms with Crippen molar-refractivity contribution in [2.75, 3.05) is 0 Å². The molecule has 0 aliphatic heterocycles. The normalized spacial score (nSPS) is 24.3. The summed E-state index contributed by atoms with van der Waals surface area (Å²) in [7, 11) is 0. The number of fused-ring (bicyclic) bond motifs is 1. The molecule has 0 radical (unpaired) electrons. The van der Waals surface area contributed by atoms with Crippen LogP contribution in [0.3, 0.4) is 0 Å². The number of unbranched alkanes of at least 4 members (excludes halogenated alkanes) is 3. The van der Waals surface area contributed by atoms with E-state index in [1.807, 2.05) is 30.3 Å². The molecule has 3 N–H and O–H groups in total. The summed E-state index contributed by atoms with van der Waals surface area (Å²) in [6, 6.07) is 9.72. The first kappa shape index (κ1) is 23.1. The molecule has 4 unspecified atom stereocenters. The lowest BCUT2D eigenvalue weighted by molar-refractivity contribution is -0.137. The number of hydrogen-bond acceptors (Lipinski definition) is 4. The fourth-order valence-corrected chi connectivity index (χ4v) is 5.72. The van der Waals surface area contributed by atoms with Crippen LogP contribution in [0.15, 0.2) is 30.3 Å². The van der Waals surface area contributed by atoms with E-state index in [1.165, 1.54) is 11.3 Å². The molecule has 4 atom stereocenters. The number of halogens is 2. The van der Waals surface area contributed by atoms with E-state index in [1.54, 1.807) is 0 Å². The van der Waals surface area contributed by atoms with Crippen LogP contribution >= 0.6 is 11.3 Å². The van der Waals surface area contributed by atoms with Crippen molar-refractivity contribution in [1.29, 1.82) is 0 Å². The second-order valence-electron chi connectivity index (χ2n) is 8.43. The van der Waals surface area contributed by atoms with Gasteiger partial charge in [-0.2, -0.15) is 0 Å². The average Bonchev–Trinajstić information content (AvgIpc) is 3.20. The second kappa shape index (κ2) is 10.2. The van der Waals surface area contributed by atoms with Crippen LogP contribution in [-0.2, 0) is 4.79 Å². The maximum atomic E-state index is 14.5. The molecule has 1 aliphatic rings. The molecule has 1 fully saturated rings. The van der Waals surface area contributed by atoms with Crippen molar-refractivity contribution in [1.82, 2.24) is 0 Å². The standard InChI is InChI=1S/C23H30F2O4S/c24-23(25)14-19(27)16(8-3-1-2-4-10-22(28)29)17(23)11-12-18(26)21-13-15-7-5-6-9-20(15)30-21/h5-7,9,13,16-19,26-27H,1-4,8,10-12,14H2,(H,28,29). The van der Waals surface area contributed by atoms with E-state index in [-0.39, 0.29) is 19.3 Å². The van der Waals surface area contributed by atoms with Crippen LogP contribution in [0, 0.1) is 11.8 Å². The summed E-state index contributed by atoms with van der Waals surface area (Å²) in [5, 5.41) is 30.5. The molecule has 166 valence electrons. The minimum Gasteiger partial charge on any atom is -0.481 e. The Labute approximate surface area is 179 Å². The van der Waals surface area contributed by atoms with Gasteiger partial charge in [0.05, 0.1) is 12.2 Å². The average molecular weight is 441 g/mol. The Balaban J connectivity index is 1.53. The summed E-state index contributed by atoms with van der Waals surface area (Å²) in [6.45, 7) is 0. The Hall–Kier alpha value is -1.57. The lowest BCUT2D eigenvalue weighted by Gasteiger charge is -2.26. The first-order valence-corrected chi connectivity index (χ1v) is 11.5. The van der Waals surface area contributed by atoms with Crippen LogP contribution in [0.5, 0.6) is 0 Å². The molecule has 1 heterocycles. The van der Waals surface area contributed by atoms with E-state index < -0.39 is 42.4 Å². The molecule has 30 heavy (non-hydrogen) atoms. The fraction of sp³-hybridized carbons (Fsp3) is 0.609. The first-order chi connectivity index (χ1) is 14.3. The Morgan fingerprint density at radius 1 is 1.17 bits per heavy atom. The summed E-state index contributed by atoms with van der Waals surface area (Å²) in [6.07, 6.45) is 1.54. The van der Waals surface area contributed by atoms with E-state index in [9.17, 15) is 23.8 Å². The first-order valence-electron chi connectivity index (χ1n) is 10.7. The van der Waals surface area contributed by atoms with Gasteiger partial charge in [-0.15, -0.1) is 11.3 Å². The number of aliphatic hydroxyl groups excluding tert-OH is 2. The molecular formula is C23H30F2O4S. The quantitative estimate of drug-likeness (QED) is 0.388. The Kier molecular flexibility index (Phi) is 7.82. The molecule has 1 saturated carbocycles. The molecule has 3 rings (SSSR count). The number of thiophene rings is 1. The Bertz CT molecular complexity index is 804. The van der Waals surface area contributed by atoms with Crippen molar-refractivity contribution in [2.24, 2.45) is 11.8 Å². The van der Waals surface area contributed by atoms with Gasteiger partial charge in [-0.1, -0.05) is 37.5 Å². The molecule has 0 spiro atoms. The van der Waals surface area contributed by atoms with Gasteiger partial charge >= 0.3 is 5.97 Å². The third kappa shape index (κ3) is 5.77. The smallest absolute Gasteiger partial charge is 0.303 e. The number of carbonyl (C=O) groups is 1. The topological polar surface area (TPSA) is 77.8 Å². The van der Waals surface area contributed by atoms with Crippen LogP contribution in [0.1, 0.15) is 68.8 Å². The highest BCUT2D eigenvalue weighted by molar-refractivity contribution is 7.19. The number of carboxylic acid groups (broad SMARTS) is 1. The van der Waals surface area contributed by atoms with Gasteiger partial charge in [0.25, 0.3) is 5.92 Å². The zero-order valence-electron chi connectivity index (χ0n) is 17.0. The van der Waals surface area contributed by atoms with Crippen molar-refractivity contribution in [3.05, 3.63) is 35.2 Å². The lowest BCUT2D eigenvalue weighted by atomic mass is 9.84. The van der Waals surface area contributed by atoms with E-state index in [0.29, 0.717) is 19.3 Å². The largest absolute Gasteiger partial charge is 0.481 e. The summed E-state index contributed by atoms with van der Waals surface area (Å²) in [5.74, 6) is -5.16. The number of aliphatic hydroxyl groups is 2. The summed E-state index contributed by atoms with van der Waals surface area (Å²) in [5.41, 5.74) is 0. The van der Waals surface area contributed by atoms with Crippen LogP contribution < -0.4 is 0 Å². The Morgan fingerprint density at radius 2 is 1.90 bits per heavy atom. The van der Waals surface area contributed by atoms with E-state index in [4.69, 9.17) is 5.11 Å². The predicted octanol–water partition coefficient (Wildman–Crippen LogP) is 5.77. The van der Waals surface area contributed by atoms with Crippen molar-refractivity contribution in [3.63, 3.8) is 0 Å². The summed E-state index contributed by atoms with van der Waals surface area (Å²) in [4.78, 5) is 11.3. The third-order valence-electron chi connectivity index (χ3n) is 6.24. The van der Waals surface area contributed by atoms with E-state index >= 15 is 0 Å². The van der Waals surface area contributed by atoms with Gasteiger partial charge in [0.2, 0.25) is 0 Å². The number of carboxylic acids is 1. The van der Waals surface area contributed by atoms with Crippen molar-refractivity contribution >= 4 is 27.4 Å². The van der Waals surface area contributed by atoms with Gasteiger partial charge in [-0.3, -0.25) is 4.79 Å². The molecule has 1 aromatic carbocycles. The molecule has 7 heteroatoms. The number of benzene rings is 1. The highest BCUT2D eigenvalue weighted by atomic mass is 32.1. The number of hydrogen-bond donors (Lipinski definition) is 3. The monoisotopic (exact) mass is 440 g/mol. The highest BCUT2D eigenvalue weighted by Gasteiger charge is 2.53. The van der Waals surface area contributed by atoms with Crippen molar-refractivity contribution in [2.45, 2.75) is 75.9 Å². The van der Waals surface area contributed by atoms with Crippen LogP contribution in [0.2, 0.25) is 0 Å². The minimum atomic E-state index is -2.92. The lowest BCUT2D eigenvalue weighted by Crippen LogP contribution is -2.27. The molecule has 0 amide bonds. The maximum absolute atomic E-state index is 14.5. The van der Waals surface area contributed by atoms with Gasteiger partial charge in [-0.25, -0.2) is 8.78 Å². The van der Waals surface area contributed by atoms with Gasteiger partial charge < -0.3 is 15.3 Å². The van der Waals surface area contributed by atoms with Crippen molar-refractivity contribution < 1.29 is 28.9 Å². The van der Waals surface area contributed by atoms with Gasteiger partial charge in [0.15, 0.2) is 0 Å². The third-order valence-corrected chi connectivity index (χ3v) is 7.45. The zero-order valence-corrected chi connectivity index (χ0v) is 17.8. The second-order valence-corrected chi connectivity index (χ2v) is 9.54. The summed E-state index contributed by atoms with van der Waals surface area (Å²) >= 11 is 1.48. The molecule has 4 nitrogen and oxygen atoms in total. The minimum absolute atomic E-state index is 0.127. The number of rotatable bonds is 11. The number of aliphatic carboxylic acids is 1. The molecule has 0 saturated heterocycles. The van der Waals surface area contributed by atoms with Crippen LogP contribution in [0.4, 0.5) is 8.78 Å². The number of alkyl halides is 2. The van der Waals surface area contributed by atoms with Crippen molar-refractivity contribution in [3.8, 4) is 0 Å². The van der Waals surface area contributed by atoms with Gasteiger partial charge in [0.1, 0.15) is 0 Å². The molecule has 0 bridgehead atoms. The molecule has 1 aromatic heterocycles.